The van der Waals surface area contributed by atoms with Crippen LogP contribution in [-0.4, -0.2) is 34.0 Å². The van der Waals surface area contributed by atoms with Crippen molar-refractivity contribution in [1.29, 1.82) is 0 Å². The maximum absolute atomic E-state index is 12.4. The van der Waals surface area contributed by atoms with Gasteiger partial charge in [0.15, 0.2) is 0 Å². The Morgan fingerprint density at radius 2 is 2.05 bits per heavy atom. The summed E-state index contributed by atoms with van der Waals surface area (Å²) in [6.07, 6.45) is 0. The van der Waals surface area contributed by atoms with Crippen LogP contribution in [0.25, 0.3) is 0 Å². The van der Waals surface area contributed by atoms with E-state index < -0.39 is 10.0 Å². The summed E-state index contributed by atoms with van der Waals surface area (Å²) in [5.74, 6) is 0. The predicted octanol–water partition coefficient (Wildman–Crippen LogP) is 3.29. The average Bonchev–Trinajstić information content (AvgIpc) is 2.95. The van der Waals surface area contributed by atoms with E-state index in [4.69, 9.17) is 11.6 Å². The summed E-state index contributed by atoms with van der Waals surface area (Å²) in [5, 5.41) is 4.46. The van der Waals surface area contributed by atoms with Crippen LogP contribution >= 0.6 is 22.9 Å². The van der Waals surface area contributed by atoms with Crippen LogP contribution in [0.5, 0.6) is 0 Å². The van der Waals surface area contributed by atoms with Crippen LogP contribution in [0.4, 0.5) is 0 Å². The lowest BCUT2D eigenvalue weighted by Crippen LogP contribution is -2.34. The van der Waals surface area contributed by atoms with Crippen LogP contribution in [0.15, 0.2) is 39.9 Å². The standard InChI is InChI=1S/C15H19ClN2O2S2/c1-11-4-5-13(8-14(11)16)22(19,20)17-9-15(18(2)3)12-6-7-21-10-12/h4-8,10,15,17H,9H2,1-3H3. The monoisotopic (exact) mass is 358 g/mol. The van der Waals surface area contributed by atoms with Gasteiger partial charge in [-0.2, -0.15) is 11.3 Å². The summed E-state index contributed by atoms with van der Waals surface area (Å²) in [6, 6.07) is 6.75. The molecule has 0 amide bonds. The number of nitrogens with one attached hydrogen (secondary N) is 1. The molecule has 0 spiro atoms. The van der Waals surface area contributed by atoms with Gasteiger partial charge in [0.25, 0.3) is 0 Å². The number of benzene rings is 1. The third-order valence-electron chi connectivity index (χ3n) is 3.47. The minimum Gasteiger partial charge on any atom is -0.301 e. The second-order valence-electron chi connectivity index (χ2n) is 5.30. The van der Waals surface area contributed by atoms with Crippen LogP contribution < -0.4 is 4.72 Å². The van der Waals surface area contributed by atoms with Gasteiger partial charge in [-0.15, -0.1) is 0 Å². The molecule has 0 bridgehead atoms. The van der Waals surface area contributed by atoms with E-state index in [0.717, 1.165) is 11.1 Å². The van der Waals surface area contributed by atoms with E-state index in [1.165, 1.54) is 6.07 Å². The Labute approximate surface area is 140 Å². The molecule has 1 N–H and O–H groups in total. The van der Waals surface area contributed by atoms with Crippen molar-refractivity contribution in [2.75, 3.05) is 20.6 Å². The van der Waals surface area contributed by atoms with Crippen molar-refractivity contribution in [1.82, 2.24) is 9.62 Å². The van der Waals surface area contributed by atoms with Gasteiger partial charge in [0, 0.05) is 17.6 Å². The fraction of sp³-hybridized carbons (Fsp3) is 0.333. The normalized spacial score (nSPS) is 13.5. The number of hydrogen-bond donors (Lipinski definition) is 1. The largest absolute Gasteiger partial charge is 0.301 e. The highest BCUT2D eigenvalue weighted by Crippen LogP contribution is 2.22. The van der Waals surface area contributed by atoms with Crippen molar-refractivity contribution in [2.24, 2.45) is 0 Å². The highest BCUT2D eigenvalue weighted by atomic mass is 35.5. The number of sulfonamides is 1. The Morgan fingerprint density at radius 1 is 1.32 bits per heavy atom. The van der Waals surface area contributed by atoms with Crippen LogP contribution in [0, 0.1) is 6.92 Å². The maximum Gasteiger partial charge on any atom is 0.240 e. The lowest BCUT2D eigenvalue weighted by Gasteiger charge is -2.24. The molecule has 0 aliphatic rings. The Morgan fingerprint density at radius 3 is 2.59 bits per heavy atom. The molecule has 7 heteroatoms. The van der Waals surface area contributed by atoms with Crippen molar-refractivity contribution in [3.63, 3.8) is 0 Å². The molecular formula is C15H19ClN2O2S2. The second-order valence-corrected chi connectivity index (χ2v) is 8.25. The molecular weight excluding hydrogens is 340 g/mol. The Balaban J connectivity index is 2.16. The van der Waals surface area contributed by atoms with Gasteiger partial charge in [-0.3, -0.25) is 0 Å². The molecule has 0 fully saturated rings. The molecule has 1 atom stereocenters. The molecule has 22 heavy (non-hydrogen) atoms. The summed E-state index contributed by atoms with van der Waals surface area (Å²) in [4.78, 5) is 2.18. The topological polar surface area (TPSA) is 49.4 Å². The van der Waals surface area contributed by atoms with Crippen LogP contribution in [0.2, 0.25) is 5.02 Å². The van der Waals surface area contributed by atoms with Crippen LogP contribution in [0.3, 0.4) is 0 Å². The van der Waals surface area contributed by atoms with E-state index in [1.807, 2.05) is 42.7 Å². The van der Waals surface area contributed by atoms with Crippen molar-refractivity contribution in [3.05, 3.63) is 51.2 Å². The molecule has 0 saturated carbocycles. The minimum absolute atomic E-state index is 0.0121. The lowest BCUT2D eigenvalue weighted by molar-refractivity contribution is 0.300. The fourth-order valence-electron chi connectivity index (χ4n) is 2.08. The molecule has 0 saturated heterocycles. The van der Waals surface area contributed by atoms with E-state index >= 15 is 0 Å². The number of hydrogen-bond acceptors (Lipinski definition) is 4. The number of halogens is 1. The highest BCUT2D eigenvalue weighted by Gasteiger charge is 2.20. The zero-order chi connectivity index (χ0) is 16.3. The maximum atomic E-state index is 12.4. The van der Waals surface area contributed by atoms with Crippen molar-refractivity contribution in [3.8, 4) is 0 Å². The van der Waals surface area contributed by atoms with E-state index in [0.29, 0.717) is 11.6 Å². The molecule has 2 rings (SSSR count). The molecule has 4 nitrogen and oxygen atoms in total. The lowest BCUT2D eigenvalue weighted by atomic mass is 10.1. The zero-order valence-corrected chi connectivity index (χ0v) is 15.1. The van der Waals surface area contributed by atoms with Crippen LogP contribution in [-0.2, 0) is 10.0 Å². The molecule has 0 aliphatic carbocycles. The number of rotatable bonds is 6. The van der Waals surface area contributed by atoms with E-state index in [9.17, 15) is 8.42 Å². The zero-order valence-electron chi connectivity index (χ0n) is 12.7. The average molecular weight is 359 g/mol. The number of nitrogens with zero attached hydrogens (tertiary/aromatic N) is 1. The van der Waals surface area contributed by atoms with Gasteiger partial charge >= 0.3 is 0 Å². The second kappa shape index (κ2) is 7.10. The van der Waals surface area contributed by atoms with E-state index in [2.05, 4.69) is 4.72 Å². The van der Waals surface area contributed by atoms with Gasteiger partial charge in [0.2, 0.25) is 10.0 Å². The first-order valence-corrected chi connectivity index (χ1v) is 9.56. The Hall–Kier alpha value is -0.920. The van der Waals surface area contributed by atoms with Gasteiger partial charge in [-0.1, -0.05) is 17.7 Å². The third kappa shape index (κ3) is 4.08. The Kier molecular flexibility index (Phi) is 5.63. The molecule has 120 valence electrons. The van der Waals surface area contributed by atoms with Gasteiger partial charge < -0.3 is 4.90 Å². The van der Waals surface area contributed by atoms with E-state index in [1.54, 1.807) is 23.5 Å². The smallest absolute Gasteiger partial charge is 0.240 e. The molecule has 1 heterocycles. The van der Waals surface area contributed by atoms with Gasteiger partial charge in [0.1, 0.15) is 0 Å². The summed E-state index contributed by atoms with van der Waals surface area (Å²) in [6.45, 7) is 2.14. The van der Waals surface area contributed by atoms with Gasteiger partial charge in [-0.05, 0) is 61.1 Å². The first kappa shape index (κ1) is 17.4. The summed E-state index contributed by atoms with van der Waals surface area (Å²) < 4.78 is 27.5. The summed E-state index contributed by atoms with van der Waals surface area (Å²) >= 11 is 7.61. The quantitative estimate of drug-likeness (QED) is 0.862. The molecule has 0 radical (unpaired) electrons. The van der Waals surface area contributed by atoms with Crippen molar-refractivity contribution in [2.45, 2.75) is 17.9 Å². The molecule has 2 aromatic rings. The minimum atomic E-state index is -3.58. The first-order valence-electron chi connectivity index (χ1n) is 6.75. The fourth-order valence-corrected chi connectivity index (χ4v) is 4.09. The summed E-state index contributed by atoms with van der Waals surface area (Å²) in [7, 11) is 0.283. The SMILES string of the molecule is Cc1ccc(S(=O)(=O)NCC(c2ccsc2)N(C)C)cc1Cl. The number of thiophene rings is 1. The van der Waals surface area contributed by atoms with Crippen molar-refractivity contribution >= 4 is 33.0 Å². The summed E-state index contributed by atoms with van der Waals surface area (Å²) in [5.41, 5.74) is 1.95. The molecule has 0 aliphatic heterocycles. The number of likely N-dealkylation sites (N-methyl/N-ethyl adjacent to an activating group) is 1. The molecule has 1 aromatic carbocycles. The molecule has 1 aromatic heterocycles. The first-order chi connectivity index (χ1) is 10.3. The van der Waals surface area contributed by atoms with Crippen molar-refractivity contribution < 1.29 is 8.42 Å². The highest BCUT2D eigenvalue weighted by molar-refractivity contribution is 7.89. The van der Waals surface area contributed by atoms with E-state index in [-0.39, 0.29) is 10.9 Å². The molecule has 1 unspecified atom stereocenters. The van der Waals surface area contributed by atoms with Gasteiger partial charge in [0.05, 0.1) is 4.90 Å². The third-order valence-corrected chi connectivity index (χ3v) is 6.00. The predicted molar refractivity (Wildman–Crippen MR) is 92.1 cm³/mol. The number of aryl methyl sites for hydroxylation is 1. The van der Waals surface area contributed by atoms with Crippen LogP contribution in [0.1, 0.15) is 17.2 Å². The Bertz CT molecular complexity index is 728. The van der Waals surface area contributed by atoms with Gasteiger partial charge in [-0.25, -0.2) is 13.1 Å².